The largest absolute Gasteiger partial charge is 0.363 e. The molecule has 2 aliphatic rings. The van der Waals surface area contributed by atoms with E-state index in [1.54, 1.807) is 0 Å². The van der Waals surface area contributed by atoms with E-state index in [9.17, 15) is 0 Å². The van der Waals surface area contributed by atoms with Gasteiger partial charge in [-0.15, -0.1) is 0 Å². The van der Waals surface area contributed by atoms with Crippen molar-refractivity contribution in [3.63, 3.8) is 0 Å². The Balaban J connectivity index is 1.45. The Labute approximate surface area is 130 Å². The highest BCUT2D eigenvalue weighted by atomic mass is 16.5. The van der Waals surface area contributed by atoms with Crippen molar-refractivity contribution in [2.24, 2.45) is 7.05 Å². The van der Waals surface area contributed by atoms with Gasteiger partial charge in [-0.1, -0.05) is 5.16 Å². The van der Waals surface area contributed by atoms with Crippen LogP contribution in [0.2, 0.25) is 0 Å². The molecule has 22 heavy (non-hydrogen) atoms. The Morgan fingerprint density at radius 1 is 1.32 bits per heavy atom. The quantitative estimate of drug-likeness (QED) is 0.867. The summed E-state index contributed by atoms with van der Waals surface area (Å²) in [4.78, 5) is 6.94. The van der Waals surface area contributed by atoms with Crippen molar-refractivity contribution in [3.05, 3.63) is 35.7 Å². The van der Waals surface area contributed by atoms with Crippen molar-refractivity contribution in [2.45, 2.75) is 44.4 Å². The van der Waals surface area contributed by atoms with Crippen LogP contribution in [0.25, 0.3) is 0 Å². The molecule has 6 heteroatoms. The molecule has 0 amide bonds. The van der Waals surface area contributed by atoms with Gasteiger partial charge in [0.15, 0.2) is 5.82 Å². The van der Waals surface area contributed by atoms with Crippen LogP contribution in [0.15, 0.2) is 23.0 Å². The van der Waals surface area contributed by atoms with Gasteiger partial charge in [-0.3, -0.25) is 4.90 Å². The first-order chi connectivity index (χ1) is 10.7. The number of aromatic nitrogens is 3. The van der Waals surface area contributed by atoms with Crippen LogP contribution in [0, 0.1) is 0 Å². The monoisotopic (exact) mass is 302 g/mol. The Kier molecular flexibility index (Phi) is 3.50. The Bertz CT molecular complexity index is 646. The second-order valence-corrected chi connectivity index (χ2v) is 6.58. The fraction of sp³-hybridized carbons (Fsp3) is 0.625. The highest BCUT2D eigenvalue weighted by Crippen LogP contribution is 2.39. The maximum atomic E-state index is 6.02. The number of aryl methyl sites for hydroxylation is 1. The van der Waals surface area contributed by atoms with E-state index in [4.69, 9.17) is 9.26 Å². The van der Waals surface area contributed by atoms with E-state index >= 15 is 0 Å². The third-order valence-corrected chi connectivity index (χ3v) is 4.31. The fourth-order valence-corrected chi connectivity index (χ4v) is 3.10. The summed E-state index contributed by atoms with van der Waals surface area (Å²) < 4.78 is 13.5. The second-order valence-electron chi connectivity index (χ2n) is 6.58. The van der Waals surface area contributed by atoms with E-state index in [1.165, 1.54) is 18.4 Å². The van der Waals surface area contributed by atoms with Crippen molar-refractivity contribution < 1.29 is 9.26 Å². The molecule has 1 saturated heterocycles. The maximum absolute atomic E-state index is 6.02. The molecular formula is C16H22N4O2. The summed E-state index contributed by atoms with van der Waals surface area (Å²) >= 11 is 0. The van der Waals surface area contributed by atoms with Gasteiger partial charge in [-0.25, -0.2) is 0 Å². The molecule has 0 unspecified atom stereocenters. The summed E-state index contributed by atoms with van der Waals surface area (Å²) in [6.45, 7) is 4.75. The van der Waals surface area contributed by atoms with Crippen molar-refractivity contribution in [2.75, 3.05) is 13.1 Å². The summed E-state index contributed by atoms with van der Waals surface area (Å²) in [7, 11) is 2.05. The van der Waals surface area contributed by atoms with Gasteiger partial charge in [0, 0.05) is 45.0 Å². The molecule has 118 valence electrons. The van der Waals surface area contributed by atoms with Crippen LogP contribution in [0.5, 0.6) is 0 Å². The van der Waals surface area contributed by atoms with Crippen LogP contribution in [0.4, 0.5) is 0 Å². The van der Waals surface area contributed by atoms with Crippen LogP contribution in [-0.2, 0) is 18.3 Å². The second kappa shape index (κ2) is 5.52. The van der Waals surface area contributed by atoms with Crippen molar-refractivity contribution in [1.82, 2.24) is 19.6 Å². The maximum Gasteiger partial charge on any atom is 0.257 e. The predicted molar refractivity (Wildman–Crippen MR) is 80.3 cm³/mol. The van der Waals surface area contributed by atoms with E-state index in [1.807, 2.05) is 7.05 Å². The lowest BCUT2D eigenvalue weighted by molar-refractivity contribution is -0.0930. The van der Waals surface area contributed by atoms with Crippen molar-refractivity contribution in [1.29, 1.82) is 0 Å². The van der Waals surface area contributed by atoms with Crippen LogP contribution in [0.1, 0.15) is 49.1 Å². The van der Waals surface area contributed by atoms with Crippen LogP contribution in [-0.4, -0.2) is 38.8 Å². The van der Waals surface area contributed by atoms with Gasteiger partial charge in [0.1, 0.15) is 6.10 Å². The lowest BCUT2D eigenvalue weighted by Crippen LogP contribution is -2.42. The number of hydrogen-bond donors (Lipinski definition) is 0. The van der Waals surface area contributed by atoms with Crippen molar-refractivity contribution in [3.8, 4) is 0 Å². The number of hydrogen-bond acceptors (Lipinski definition) is 5. The van der Waals surface area contributed by atoms with Gasteiger partial charge < -0.3 is 13.8 Å². The zero-order valence-corrected chi connectivity index (χ0v) is 13.1. The Morgan fingerprint density at radius 3 is 2.91 bits per heavy atom. The molecule has 1 aliphatic carbocycles. The SMILES string of the molecule is C[C@@H]1CN(Cc2ccn(C)c2)C[C@H](c2nc(C3CC3)no2)O1. The summed E-state index contributed by atoms with van der Waals surface area (Å²) in [5, 5.41) is 4.10. The van der Waals surface area contributed by atoms with Crippen LogP contribution in [0.3, 0.4) is 0 Å². The molecule has 4 rings (SSSR count). The van der Waals surface area contributed by atoms with Gasteiger partial charge >= 0.3 is 0 Å². The summed E-state index contributed by atoms with van der Waals surface area (Å²) in [6, 6.07) is 2.16. The van der Waals surface area contributed by atoms with E-state index in [0.717, 1.165) is 25.5 Å². The molecule has 1 aliphatic heterocycles. The average Bonchev–Trinajstić information content (AvgIpc) is 3.06. The molecule has 2 atom stereocenters. The van der Waals surface area contributed by atoms with Crippen molar-refractivity contribution >= 4 is 0 Å². The Morgan fingerprint density at radius 2 is 2.18 bits per heavy atom. The fourth-order valence-electron chi connectivity index (χ4n) is 3.10. The molecule has 2 aromatic rings. The minimum atomic E-state index is -0.118. The molecule has 0 aromatic carbocycles. The van der Waals surface area contributed by atoms with E-state index in [0.29, 0.717) is 11.8 Å². The summed E-state index contributed by atoms with van der Waals surface area (Å²) in [5.74, 6) is 2.00. The average molecular weight is 302 g/mol. The Hall–Kier alpha value is -1.66. The summed E-state index contributed by atoms with van der Waals surface area (Å²) in [6.07, 6.45) is 6.65. The molecule has 1 saturated carbocycles. The van der Waals surface area contributed by atoms with Gasteiger partial charge in [0.05, 0.1) is 6.10 Å². The van der Waals surface area contributed by atoms with Gasteiger partial charge in [-0.05, 0) is 31.4 Å². The minimum absolute atomic E-state index is 0.118. The smallest absolute Gasteiger partial charge is 0.257 e. The first-order valence-corrected chi connectivity index (χ1v) is 7.99. The van der Waals surface area contributed by atoms with E-state index in [2.05, 4.69) is 45.0 Å². The molecule has 0 spiro atoms. The minimum Gasteiger partial charge on any atom is -0.363 e. The van der Waals surface area contributed by atoms with Gasteiger partial charge in [-0.2, -0.15) is 4.98 Å². The lowest BCUT2D eigenvalue weighted by atomic mass is 10.2. The molecule has 0 radical (unpaired) electrons. The normalized spacial score (nSPS) is 26.5. The summed E-state index contributed by atoms with van der Waals surface area (Å²) in [5.41, 5.74) is 1.32. The third-order valence-electron chi connectivity index (χ3n) is 4.31. The van der Waals surface area contributed by atoms with Crippen LogP contribution < -0.4 is 0 Å². The highest BCUT2D eigenvalue weighted by molar-refractivity contribution is 5.10. The first-order valence-electron chi connectivity index (χ1n) is 7.99. The van der Waals surface area contributed by atoms with Gasteiger partial charge in [0.2, 0.25) is 0 Å². The van der Waals surface area contributed by atoms with E-state index in [-0.39, 0.29) is 12.2 Å². The molecule has 6 nitrogen and oxygen atoms in total. The van der Waals surface area contributed by atoms with Crippen LogP contribution >= 0.6 is 0 Å². The zero-order chi connectivity index (χ0) is 15.1. The predicted octanol–water partition coefficient (Wildman–Crippen LogP) is 2.25. The number of nitrogens with zero attached hydrogens (tertiary/aromatic N) is 4. The molecule has 0 bridgehead atoms. The number of rotatable bonds is 4. The van der Waals surface area contributed by atoms with E-state index < -0.39 is 0 Å². The number of ether oxygens (including phenoxy) is 1. The molecular weight excluding hydrogens is 280 g/mol. The first kappa shape index (κ1) is 14.0. The third kappa shape index (κ3) is 2.94. The number of morpholine rings is 1. The molecule has 2 aromatic heterocycles. The lowest BCUT2D eigenvalue weighted by Gasteiger charge is -2.35. The topological polar surface area (TPSA) is 56.3 Å². The molecule has 3 heterocycles. The molecule has 0 N–H and O–H groups in total. The standard InChI is InChI=1S/C16H22N4O2/c1-11-7-20(9-12-5-6-19(2)8-12)10-14(21-11)16-17-15(18-22-16)13-3-4-13/h5-6,8,11,13-14H,3-4,7,9-10H2,1-2H3/t11-,14-/m1/s1. The molecule has 2 fully saturated rings. The van der Waals surface area contributed by atoms with Gasteiger partial charge in [0.25, 0.3) is 5.89 Å². The highest BCUT2D eigenvalue weighted by Gasteiger charge is 2.33. The zero-order valence-electron chi connectivity index (χ0n) is 13.1.